The molecule has 0 bridgehead atoms. The summed E-state index contributed by atoms with van der Waals surface area (Å²) in [7, 11) is 0. The van der Waals surface area contributed by atoms with Crippen LogP contribution in [0.1, 0.15) is 51.6 Å². The minimum absolute atomic E-state index is 0.117. The third kappa shape index (κ3) is 4.88. The molecule has 1 saturated heterocycles. The summed E-state index contributed by atoms with van der Waals surface area (Å²) >= 11 is 0. The lowest BCUT2D eigenvalue weighted by molar-refractivity contribution is -0.159. The Labute approximate surface area is 237 Å². The molecule has 41 heavy (non-hydrogen) atoms. The van der Waals surface area contributed by atoms with E-state index in [1.165, 1.54) is 0 Å². The van der Waals surface area contributed by atoms with Gasteiger partial charge in [0, 0.05) is 30.6 Å². The first-order chi connectivity index (χ1) is 19.9. The maximum atomic E-state index is 14.0. The smallest absolute Gasteiger partial charge is 0.317 e. The molecule has 2 unspecified atom stereocenters. The van der Waals surface area contributed by atoms with Gasteiger partial charge in [0.2, 0.25) is 5.91 Å². The minimum Gasteiger partial charge on any atom is -0.460 e. The molecule has 0 saturated carbocycles. The van der Waals surface area contributed by atoms with Crippen LogP contribution in [-0.2, 0) is 26.2 Å². The van der Waals surface area contributed by atoms with Crippen molar-refractivity contribution in [1.82, 2.24) is 15.0 Å². The van der Waals surface area contributed by atoms with Crippen LogP contribution in [0.5, 0.6) is 0 Å². The molecule has 0 radical (unpaired) electrons. The molecule has 2 heterocycles. The monoisotopic (exact) mass is 550 g/mol. The van der Waals surface area contributed by atoms with Crippen molar-refractivity contribution >= 4 is 17.8 Å². The number of esters is 1. The Balaban J connectivity index is 1.20. The second kappa shape index (κ2) is 10.6. The van der Waals surface area contributed by atoms with Crippen molar-refractivity contribution in [3.8, 4) is 11.5 Å². The molecular formula is C32H30N4O5. The zero-order valence-corrected chi connectivity index (χ0v) is 22.7. The van der Waals surface area contributed by atoms with Crippen molar-refractivity contribution < 1.29 is 23.6 Å². The third-order valence-corrected chi connectivity index (χ3v) is 8.28. The van der Waals surface area contributed by atoms with E-state index in [-0.39, 0.29) is 11.9 Å². The van der Waals surface area contributed by atoms with E-state index in [9.17, 15) is 14.4 Å². The number of carbonyl (C=O) groups excluding carboxylic acids is 3. The van der Waals surface area contributed by atoms with Crippen LogP contribution in [-0.4, -0.2) is 52.0 Å². The molecular weight excluding hydrogens is 520 g/mol. The van der Waals surface area contributed by atoms with Gasteiger partial charge < -0.3 is 19.9 Å². The average molecular weight is 551 g/mol. The van der Waals surface area contributed by atoms with Gasteiger partial charge in [-0.15, -0.1) is 0 Å². The minimum atomic E-state index is -0.950. The fourth-order valence-electron chi connectivity index (χ4n) is 6.07. The van der Waals surface area contributed by atoms with Crippen molar-refractivity contribution in [2.75, 3.05) is 13.1 Å². The number of nitrogens with two attached hydrogens (primary N) is 1. The molecule has 1 aliphatic heterocycles. The number of hydrogen-bond donors (Lipinski definition) is 1. The highest BCUT2D eigenvalue weighted by molar-refractivity contribution is 5.95. The van der Waals surface area contributed by atoms with Crippen molar-refractivity contribution in [3.63, 3.8) is 0 Å². The summed E-state index contributed by atoms with van der Waals surface area (Å²) in [5, 5.41) is 3.81. The van der Waals surface area contributed by atoms with Gasteiger partial charge in [0.1, 0.15) is 12.0 Å². The second-order valence-electron chi connectivity index (χ2n) is 10.7. The Kier molecular flexibility index (Phi) is 6.86. The summed E-state index contributed by atoms with van der Waals surface area (Å²) in [5.41, 5.74) is 8.69. The predicted octanol–water partition coefficient (Wildman–Crippen LogP) is 3.96. The maximum absolute atomic E-state index is 14.0. The molecule has 208 valence electrons. The van der Waals surface area contributed by atoms with E-state index < -0.39 is 23.3 Å². The normalized spacial score (nSPS) is 19.4. The highest BCUT2D eigenvalue weighted by Gasteiger charge is 2.48. The van der Waals surface area contributed by atoms with Gasteiger partial charge in [-0.05, 0) is 60.7 Å². The number of ether oxygens (including phenoxy) is 1. The average Bonchev–Trinajstić information content (AvgIpc) is 3.60. The Bertz CT molecular complexity index is 1590. The van der Waals surface area contributed by atoms with Gasteiger partial charge in [0.05, 0.1) is 5.41 Å². The zero-order valence-electron chi connectivity index (χ0n) is 22.7. The van der Waals surface area contributed by atoms with E-state index in [0.717, 1.165) is 22.3 Å². The molecule has 1 aliphatic carbocycles. The number of primary amides is 1. The van der Waals surface area contributed by atoms with Crippen LogP contribution in [0.25, 0.3) is 11.5 Å². The van der Waals surface area contributed by atoms with Gasteiger partial charge in [0.15, 0.2) is 5.82 Å². The quantitative estimate of drug-likeness (QED) is 0.360. The molecule has 3 aromatic carbocycles. The predicted molar refractivity (Wildman–Crippen MR) is 150 cm³/mol. The van der Waals surface area contributed by atoms with Crippen LogP contribution in [0.3, 0.4) is 0 Å². The summed E-state index contributed by atoms with van der Waals surface area (Å²) in [6.07, 6.45) is 0.548. The molecule has 9 heteroatoms. The first kappa shape index (κ1) is 26.4. The summed E-state index contributed by atoms with van der Waals surface area (Å²) in [4.78, 5) is 45.8. The lowest BCUT2D eigenvalue weighted by Crippen LogP contribution is -2.50. The number of aryl methyl sites for hydroxylation is 1. The van der Waals surface area contributed by atoms with Crippen LogP contribution >= 0.6 is 0 Å². The van der Waals surface area contributed by atoms with Gasteiger partial charge >= 0.3 is 5.97 Å². The summed E-state index contributed by atoms with van der Waals surface area (Å²) in [6.45, 7) is 2.49. The van der Waals surface area contributed by atoms with E-state index in [0.29, 0.717) is 49.6 Å². The van der Waals surface area contributed by atoms with Crippen molar-refractivity contribution in [2.24, 2.45) is 5.73 Å². The van der Waals surface area contributed by atoms with Crippen molar-refractivity contribution in [3.05, 3.63) is 107 Å². The number of aromatic nitrogens is 2. The Morgan fingerprint density at radius 3 is 2.29 bits per heavy atom. The zero-order chi connectivity index (χ0) is 28.6. The van der Waals surface area contributed by atoms with E-state index in [4.69, 9.17) is 15.0 Å². The number of carbonyl (C=O) groups is 3. The van der Waals surface area contributed by atoms with E-state index in [2.05, 4.69) is 10.1 Å². The van der Waals surface area contributed by atoms with E-state index >= 15 is 0 Å². The molecule has 2 amide bonds. The first-order valence-electron chi connectivity index (χ1n) is 13.7. The number of hydrogen-bond acceptors (Lipinski definition) is 7. The molecule has 4 aromatic rings. The third-order valence-electron chi connectivity index (χ3n) is 8.28. The first-order valence-corrected chi connectivity index (χ1v) is 13.7. The van der Waals surface area contributed by atoms with Gasteiger partial charge in [-0.2, -0.15) is 4.98 Å². The van der Waals surface area contributed by atoms with Crippen LogP contribution in [0, 0.1) is 6.92 Å². The topological polar surface area (TPSA) is 129 Å². The van der Waals surface area contributed by atoms with Gasteiger partial charge in [0.25, 0.3) is 11.8 Å². The fourth-order valence-corrected chi connectivity index (χ4v) is 6.07. The molecule has 1 fully saturated rings. The fraction of sp³-hybridized carbons (Fsp3) is 0.281. The molecule has 9 nitrogen and oxygen atoms in total. The Morgan fingerprint density at radius 1 is 0.951 bits per heavy atom. The largest absolute Gasteiger partial charge is 0.460 e. The molecule has 2 aliphatic rings. The number of fused-ring (bicyclic) bond motifs is 1. The maximum Gasteiger partial charge on any atom is 0.317 e. The van der Waals surface area contributed by atoms with E-state index in [1.54, 1.807) is 36.1 Å². The number of piperidine rings is 1. The number of likely N-dealkylation sites (tertiary alicyclic amines) is 1. The van der Waals surface area contributed by atoms with Gasteiger partial charge in [-0.3, -0.25) is 14.4 Å². The molecule has 2 atom stereocenters. The lowest BCUT2D eigenvalue weighted by atomic mass is 9.72. The Morgan fingerprint density at radius 2 is 1.63 bits per heavy atom. The molecule has 1 aromatic heterocycles. The van der Waals surface area contributed by atoms with Gasteiger partial charge in [-0.1, -0.05) is 59.8 Å². The molecule has 6 rings (SSSR count). The lowest BCUT2D eigenvalue weighted by Gasteiger charge is -2.41. The number of nitrogens with zero attached hydrogens (tertiary/aromatic N) is 3. The van der Waals surface area contributed by atoms with Crippen molar-refractivity contribution in [1.29, 1.82) is 0 Å². The molecule has 0 spiro atoms. The van der Waals surface area contributed by atoms with Crippen molar-refractivity contribution in [2.45, 2.75) is 43.6 Å². The summed E-state index contributed by atoms with van der Waals surface area (Å²) < 4.78 is 11.4. The second-order valence-corrected chi connectivity index (χ2v) is 10.7. The number of benzene rings is 3. The van der Waals surface area contributed by atoms with Crippen LogP contribution in [0.15, 0.2) is 83.4 Å². The standard InChI is InChI=1S/C32H30N4O5/c1-20-34-29(41-35-20)21-11-13-22(14-12-21)30(38)36-17-15-32(16-18-36,24-8-3-2-4-9-24)31(39)40-26-19-23-7-5-6-10-25(23)27(26)28(33)37/h2-14,26-27H,15-19H2,1H3,(H2,33,37). The highest BCUT2D eigenvalue weighted by Crippen LogP contribution is 2.41. The molecule has 2 N–H and O–H groups in total. The number of rotatable bonds is 6. The van der Waals surface area contributed by atoms with E-state index in [1.807, 2.05) is 54.6 Å². The van der Waals surface area contributed by atoms with Crippen LogP contribution in [0.2, 0.25) is 0 Å². The SMILES string of the molecule is Cc1noc(-c2ccc(C(=O)N3CCC(C(=O)OC4Cc5ccccc5C4C(N)=O)(c4ccccc4)CC3)cc2)n1. The summed E-state index contributed by atoms with van der Waals surface area (Å²) in [5.74, 6) is -0.774. The number of amides is 2. The summed E-state index contributed by atoms with van der Waals surface area (Å²) in [6, 6.07) is 24.1. The van der Waals surface area contributed by atoms with Gasteiger partial charge in [-0.25, -0.2) is 0 Å². The van der Waals surface area contributed by atoms with Crippen LogP contribution < -0.4 is 5.73 Å². The highest BCUT2D eigenvalue weighted by atomic mass is 16.5. The Hall–Kier alpha value is -4.79. The van der Waals surface area contributed by atoms with Crippen LogP contribution in [0.4, 0.5) is 0 Å².